The minimum absolute atomic E-state index is 0.109. The van der Waals surface area contributed by atoms with Gasteiger partial charge in [0.05, 0.1) is 18.5 Å². The number of aromatic nitrogens is 3. The fourth-order valence-corrected chi connectivity index (χ4v) is 3.19. The average molecular weight is 352 g/mol. The van der Waals surface area contributed by atoms with Crippen LogP contribution in [0.3, 0.4) is 0 Å². The topological polar surface area (TPSA) is 120 Å². The standard InChI is InChI=1S/C18H16N4O4/c1-26-16-7-13-9(8-20-16)5-14(17(19)23)22(13)15-4-2-3-12(21-15)10-6-11(10)18(24)25/h2-5,7-8,10-11H,6H2,1H3,(H2,19,23)(H,24,25). The maximum Gasteiger partial charge on any atom is 0.307 e. The molecule has 3 aromatic rings. The maximum atomic E-state index is 11.9. The molecule has 0 bridgehead atoms. The van der Waals surface area contributed by atoms with Crippen molar-refractivity contribution in [3.8, 4) is 11.7 Å². The van der Waals surface area contributed by atoms with Gasteiger partial charge in [-0.1, -0.05) is 6.07 Å². The fraction of sp³-hybridized carbons (Fsp3) is 0.222. The van der Waals surface area contributed by atoms with Crippen molar-refractivity contribution in [3.05, 3.63) is 47.9 Å². The number of rotatable bonds is 5. The number of hydrogen-bond donors (Lipinski definition) is 2. The highest BCUT2D eigenvalue weighted by atomic mass is 16.5. The summed E-state index contributed by atoms with van der Waals surface area (Å²) in [7, 11) is 1.51. The van der Waals surface area contributed by atoms with Gasteiger partial charge in [-0.3, -0.25) is 14.2 Å². The SMILES string of the molecule is COc1cc2c(cn1)cc(C(N)=O)n2-c1cccc(C2CC2C(=O)O)n1. The molecular formula is C18H16N4O4. The van der Waals surface area contributed by atoms with Crippen LogP contribution in [0.4, 0.5) is 0 Å². The van der Waals surface area contributed by atoms with Gasteiger partial charge in [0.15, 0.2) is 0 Å². The van der Waals surface area contributed by atoms with Crippen LogP contribution < -0.4 is 10.5 Å². The normalized spacial score (nSPS) is 18.7. The molecule has 3 aromatic heterocycles. The van der Waals surface area contributed by atoms with E-state index in [1.54, 1.807) is 41.1 Å². The Bertz CT molecular complexity index is 1040. The summed E-state index contributed by atoms with van der Waals surface area (Å²) >= 11 is 0. The largest absolute Gasteiger partial charge is 0.481 e. The molecule has 2 atom stereocenters. The number of methoxy groups -OCH3 is 1. The predicted molar refractivity (Wildman–Crippen MR) is 92.4 cm³/mol. The number of carboxylic acids is 1. The van der Waals surface area contributed by atoms with Crippen LogP contribution in [0.25, 0.3) is 16.7 Å². The lowest BCUT2D eigenvalue weighted by atomic mass is 10.2. The number of ether oxygens (including phenoxy) is 1. The average Bonchev–Trinajstić information content (AvgIpc) is 3.35. The third-order valence-electron chi connectivity index (χ3n) is 4.60. The Balaban J connectivity index is 1.87. The van der Waals surface area contributed by atoms with Crippen molar-refractivity contribution in [2.24, 2.45) is 11.7 Å². The van der Waals surface area contributed by atoms with E-state index in [0.717, 1.165) is 5.39 Å². The minimum atomic E-state index is -0.817. The van der Waals surface area contributed by atoms with Crippen molar-refractivity contribution in [1.29, 1.82) is 0 Å². The van der Waals surface area contributed by atoms with Crippen LogP contribution in [-0.4, -0.2) is 38.6 Å². The third kappa shape index (κ3) is 2.55. The van der Waals surface area contributed by atoms with E-state index in [9.17, 15) is 9.59 Å². The van der Waals surface area contributed by atoms with Crippen molar-refractivity contribution in [1.82, 2.24) is 14.5 Å². The van der Waals surface area contributed by atoms with E-state index in [-0.39, 0.29) is 11.6 Å². The zero-order chi connectivity index (χ0) is 18.4. The van der Waals surface area contributed by atoms with Gasteiger partial charge in [-0.2, -0.15) is 0 Å². The molecule has 0 aromatic carbocycles. The fourth-order valence-electron chi connectivity index (χ4n) is 3.19. The van der Waals surface area contributed by atoms with Gasteiger partial charge in [-0.05, 0) is 24.6 Å². The smallest absolute Gasteiger partial charge is 0.307 e. The molecule has 26 heavy (non-hydrogen) atoms. The molecule has 3 N–H and O–H groups in total. The Kier molecular flexibility index (Phi) is 3.61. The second-order valence-electron chi connectivity index (χ2n) is 6.22. The van der Waals surface area contributed by atoms with E-state index in [0.29, 0.717) is 29.3 Å². The molecule has 0 saturated heterocycles. The number of primary amides is 1. The summed E-state index contributed by atoms with van der Waals surface area (Å²) in [6, 6.07) is 8.70. The molecule has 3 heterocycles. The van der Waals surface area contributed by atoms with Crippen LogP contribution in [-0.2, 0) is 4.79 Å². The van der Waals surface area contributed by atoms with Gasteiger partial charge in [0, 0.05) is 29.3 Å². The Morgan fingerprint density at radius 1 is 1.35 bits per heavy atom. The van der Waals surface area contributed by atoms with Crippen LogP contribution in [0.15, 0.2) is 36.5 Å². The molecule has 2 unspecified atom stereocenters. The van der Waals surface area contributed by atoms with Crippen molar-refractivity contribution in [2.45, 2.75) is 12.3 Å². The van der Waals surface area contributed by atoms with Crippen LogP contribution in [0.1, 0.15) is 28.5 Å². The van der Waals surface area contributed by atoms with Crippen LogP contribution in [0, 0.1) is 5.92 Å². The number of nitrogens with zero attached hydrogens (tertiary/aromatic N) is 3. The van der Waals surface area contributed by atoms with E-state index >= 15 is 0 Å². The lowest BCUT2D eigenvalue weighted by molar-refractivity contribution is -0.138. The highest BCUT2D eigenvalue weighted by Crippen LogP contribution is 2.46. The lowest BCUT2D eigenvalue weighted by Gasteiger charge is -2.10. The number of aliphatic carboxylic acids is 1. The first-order chi connectivity index (χ1) is 12.5. The summed E-state index contributed by atoms with van der Waals surface area (Å²) in [4.78, 5) is 31.8. The Morgan fingerprint density at radius 3 is 2.81 bits per heavy atom. The summed E-state index contributed by atoms with van der Waals surface area (Å²) in [5.41, 5.74) is 7.18. The summed E-state index contributed by atoms with van der Waals surface area (Å²) in [6.07, 6.45) is 2.17. The molecule has 1 aliphatic rings. The Labute approximate surface area is 148 Å². The zero-order valence-electron chi connectivity index (χ0n) is 13.9. The van der Waals surface area contributed by atoms with E-state index in [2.05, 4.69) is 9.97 Å². The molecule has 1 aliphatic carbocycles. The highest BCUT2D eigenvalue weighted by molar-refractivity contribution is 5.98. The molecule has 1 fully saturated rings. The molecule has 1 amide bonds. The molecule has 1 saturated carbocycles. The minimum Gasteiger partial charge on any atom is -0.481 e. The molecule has 4 rings (SSSR count). The summed E-state index contributed by atoms with van der Waals surface area (Å²) in [6.45, 7) is 0. The molecule has 8 heteroatoms. The van der Waals surface area contributed by atoms with Gasteiger partial charge in [0.25, 0.3) is 5.91 Å². The highest BCUT2D eigenvalue weighted by Gasteiger charge is 2.45. The number of fused-ring (bicyclic) bond motifs is 1. The second-order valence-corrected chi connectivity index (χ2v) is 6.22. The van der Waals surface area contributed by atoms with Crippen LogP contribution in [0.5, 0.6) is 5.88 Å². The van der Waals surface area contributed by atoms with Gasteiger partial charge in [-0.15, -0.1) is 0 Å². The van der Waals surface area contributed by atoms with Gasteiger partial charge in [-0.25, -0.2) is 9.97 Å². The number of pyridine rings is 2. The van der Waals surface area contributed by atoms with Gasteiger partial charge in [0.2, 0.25) is 5.88 Å². The first-order valence-corrected chi connectivity index (χ1v) is 8.05. The Hall–Kier alpha value is -3.42. The molecule has 0 spiro atoms. The van der Waals surface area contributed by atoms with Crippen molar-refractivity contribution in [2.75, 3.05) is 7.11 Å². The van der Waals surface area contributed by atoms with Gasteiger partial charge < -0.3 is 15.6 Å². The third-order valence-corrected chi connectivity index (χ3v) is 4.60. The molecule has 8 nitrogen and oxygen atoms in total. The van der Waals surface area contributed by atoms with Crippen molar-refractivity contribution in [3.63, 3.8) is 0 Å². The molecule has 0 aliphatic heterocycles. The lowest BCUT2D eigenvalue weighted by Crippen LogP contribution is -2.16. The second kappa shape index (κ2) is 5.83. The number of carbonyl (C=O) groups excluding carboxylic acids is 1. The van der Waals surface area contributed by atoms with E-state index in [1.807, 2.05) is 0 Å². The molecule has 132 valence electrons. The summed E-state index contributed by atoms with van der Waals surface area (Å²) < 4.78 is 6.81. The Morgan fingerprint density at radius 2 is 2.15 bits per heavy atom. The van der Waals surface area contributed by atoms with E-state index in [4.69, 9.17) is 15.6 Å². The first-order valence-electron chi connectivity index (χ1n) is 8.05. The summed E-state index contributed by atoms with van der Waals surface area (Å²) in [5.74, 6) is -1.03. The maximum absolute atomic E-state index is 11.9. The van der Waals surface area contributed by atoms with Crippen LogP contribution >= 0.6 is 0 Å². The first kappa shape index (κ1) is 16.1. The number of hydrogen-bond acceptors (Lipinski definition) is 5. The summed E-state index contributed by atoms with van der Waals surface area (Å²) in [5, 5.41) is 9.86. The molecule has 0 radical (unpaired) electrons. The number of carboxylic acid groups (broad SMARTS) is 1. The number of carbonyl (C=O) groups is 2. The van der Waals surface area contributed by atoms with Gasteiger partial charge >= 0.3 is 5.97 Å². The number of amides is 1. The van der Waals surface area contributed by atoms with Crippen molar-refractivity contribution < 1.29 is 19.4 Å². The monoisotopic (exact) mass is 352 g/mol. The molecular weight excluding hydrogens is 336 g/mol. The van der Waals surface area contributed by atoms with Crippen LogP contribution in [0.2, 0.25) is 0 Å². The van der Waals surface area contributed by atoms with Crippen molar-refractivity contribution >= 4 is 22.8 Å². The quantitative estimate of drug-likeness (QED) is 0.721. The number of nitrogens with two attached hydrogens (primary N) is 1. The van der Waals surface area contributed by atoms with E-state index in [1.165, 1.54) is 7.11 Å². The predicted octanol–water partition coefficient (Wildman–Crippen LogP) is 1.72. The van der Waals surface area contributed by atoms with E-state index < -0.39 is 17.8 Å². The van der Waals surface area contributed by atoms with Gasteiger partial charge in [0.1, 0.15) is 11.5 Å². The zero-order valence-corrected chi connectivity index (χ0v) is 13.9.